The summed E-state index contributed by atoms with van der Waals surface area (Å²) in [5.74, 6) is -0.883. The first-order chi connectivity index (χ1) is 18.1. The summed E-state index contributed by atoms with van der Waals surface area (Å²) in [6.07, 6.45) is 11.2. The lowest BCUT2D eigenvalue weighted by Crippen LogP contribution is -2.36. The van der Waals surface area contributed by atoms with Crippen molar-refractivity contribution in [2.45, 2.75) is 64.5 Å². The molecule has 37 heavy (non-hydrogen) atoms. The summed E-state index contributed by atoms with van der Waals surface area (Å²) < 4.78 is 3.48. The Bertz CT molecular complexity index is 1420. The second kappa shape index (κ2) is 10.9. The van der Waals surface area contributed by atoms with E-state index in [9.17, 15) is 14.7 Å². The zero-order chi connectivity index (χ0) is 25.8. The van der Waals surface area contributed by atoms with E-state index in [1.807, 2.05) is 36.5 Å². The molecule has 1 aliphatic rings. The Morgan fingerprint density at radius 3 is 2.70 bits per heavy atom. The first-order valence-electron chi connectivity index (χ1n) is 12.9. The van der Waals surface area contributed by atoms with E-state index in [2.05, 4.69) is 32.5 Å². The number of carboxylic acid groups (broad SMARTS) is 1. The molecule has 3 aromatic heterocycles. The molecular formula is C27H31N7O3. The third-order valence-electron chi connectivity index (χ3n) is 7.31. The molecule has 3 heterocycles. The predicted octanol–water partition coefficient (Wildman–Crippen LogP) is 4.10. The number of aromatic amines is 1. The van der Waals surface area contributed by atoms with Crippen LogP contribution in [-0.2, 0) is 17.8 Å². The molecule has 2 atom stereocenters. The zero-order valence-corrected chi connectivity index (χ0v) is 20.9. The van der Waals surface area contributed by atoms with Crippen LogP contribution in [0.4, 0.5) is 0 Å². The number of nitrogens with zero attached hydrogens (tertiary/aromatic N) is 6. The van der Waals surface area contributed by atoms with Crippen LogP contribution in [0.2, 0.25) is 0 Å². The molecule has 2 unspecified atom stereocenters. The predicted molar refractivity (Wildman–Crippen MR) is 138 cm³/mol. The highest BCUT2D eigenvalue weighted by Crippen LogP contribution is 2.35. The molecule has 2 N–H and O–H groups in total. The Labute approximate surface area is 214 Å². The van der Waals surface area contributed by atoms with Gasteiger partial charge in [0, 0.05) is 29.8 Å². The minimum absolute atomic E-state index is 0.162. The molecule has 0 amide bonds. The average molecular weight is 502 g/mol. The second-order valence-corrected chi connectivity index (χ2v) is 9.61. The molecule has 1 aliphatic carbocycles. The van der Waals surface area contributed by atoms with E-state index in [4.69, 9.17) is 0 Å². The number of pyridine rings is 1. The molecule has 1 aromatic carbocycles. The number of hydrogen-bond donors (Lipinski definition) is 2. The van der Waals surface area contributed by atoms with Crippen molar-refractivity contribution in [3.8, 4) is 22.5 Å². The molecule has 0 bridgehead atoms. The number of tetrazole rings is 1. The quantitative estimate of drug-likeness (QED) is 0.353. The topological polar surface area (TPSA) is 132 Å². The fraction of sp³-hybridized carbons (Fsp3) is 0.407. The number of benzene rings is 1. The van der Waals surface area contributed by atoms with E-state index in [0.717, 1.165) is 60.1 Å². The smallest absolute Gasteiger partial charge is 0.328 e. The maximum Gasteiger partial charge on any atom is 0.328 e. The van der Waals surface area contributed by atoms with Crippen molar-refractivity contribution in [2.24, 2.45) is 5.92 Å². The SMILES string of the molecule is CCCCc1cn(C2CCCCC2C(=O)O)c(=O)n1Cc1cnccc1-c1ccccc1-c1nn[nH]n1. The maximum absolute atomic E-state index is 13.8. The lowest BCUT2D eigenvalue weighted by molar-refractivity contribution is -0.144. The van der Waals surface area contributed by atoms with Crippen molar-refractivity contribution in [3.63, 3.8) is 0 Å². The van der Waals surface area contributed by atoms with Crippen LogP contribution in [0.25, 0.3) is 22.5 Å². The summed E-state index contributed by atoms with van der Waals surface area (Å²) >= 11 is 0. The number of carboxylic acids is 1. The van der Waals surface area contributed by atoms with Gasteiger partial charge in [0.15, 0.2) is 0 Å². The molecule has 0 radical (unpaired) electrons. The third kappa shape index (κ3) is 4.96. The molecule has 0 saturated heterocycles. The molecule has 10 nitrogen and oxygen atoms in total. The summed E-state index contributed by atoms with van der Waals surface area (Å²) in [5, 5.41) is 24.4. The maximum atomic E-state index is 13.8. The number of rotatable bonds is 9. The van der Waals surface area contributed by atoms with Gasteiger partial charge in [-0.25, -0.2) is 4.79 Å². The summed E-state index contributed by atoms with van der Waals surface area (Å²) in [7, 11) is 0. The number of carbonyl (C=O) groups is 1. The van der Waals surface area contributed by atoms with Crippen molar-refractivity contribution < 1.29 is 9.90 Å². The minimum Gasteiger partial charge on any atom is -0.481 e. The van der Waals surface area contributed by atoms with Crippen LogP contribution in [0, 0.1) is 5.92 Å². The highest BCUT2D eigenvalue weighted by molar-refractivity contribution is 5.81. The Hall–Kier alpha value is -4.08. The molecular weight excluding hydrogens is 470 g/mol. The number of aromatic nitrogens is 7. The Balaban J connectivity index is 1.57. The lowest BCUT2D eigenvalue weighted by atomic mass is 9.84. The highest BCUT2D eigenvalue weighted by Gasteiger charge is 2.34. The van der Waals surface area contributed by atoms with Crippen LogP contribution >= 0.6 is 0 Å². The molecule has 1 saturated carbocycles. The largest absolute Gasteiger partial charge is 0.481 e. The van der Waals surface area contributed by atoms with Gasteiger partial charge in [0.05, 0.1) is 18.5 Å². The number of aryl methyl sites for hydroxylation is 1. The standard InChI is InChI=1S/C27H31N7O3/c1-2-3-8-19-17-34(24-12-7-6-11-23(24)26(35)36)27(37)33(19)16-18-15-28-14-13-20(18)21-9-4-5-10-22(21)25-29-31-32-30-25/h4-5,9-10,13-15,17,23-24H,2-3,6-8,11-12,16H2,1H3,(H,35,36)(H,29,30,31,32). The van der Waals surface area contributed by atoms with Gasteiger partial charge in [0.1, 0.15) is 0 Å². The van der Waals surface area contributed by atoms with Crippen LogP contribution in [0.3, 0.4) is 0 Å². The normalized spacial score (nSPS) is 17.6. The first kappa shape index (κ1) is 24.6. The van der Waals surface area contributed by atoms with Gasteiger partial charge in [-0.05, 0) is 53.7 Å². The van der Waals surface area contributed by atoms with Gasteiger partial charge in [-0.1, -0.05) is 50.5 Å². The number of H-pyrrole nitrogens is 1. The second-order valence-electron chi connectivity index (χ2n) is 9.61. The minimum atomic E-state index is -0.827. The highest BCUT2D eigenvalue weighted by atomic mass is 16.4. The van der Waals surface area contributed by atoms with Gasteiger partial charge >= 0.3 is 11.7 Å². The van der Waals surface area contributed by atoms with Crippen LogP contribution in [0.5, 0.6) is 0 Å². The van der Waals surface area contributed by atoms with Crippen LogP contribution in [0.1, 0.15) is 62.7 Å². The third-order valence-corrected chi connectivity index (χ3v) is 7.31. The van der Waals surface area contributed by atoms with E-state index in [-0.39, 0.29) is 11.7 Å². The van der Waals surface area contributed by atoms with Crippen molar-refractivity contribution >= 4 is 5.97 Å². The Morgan fingerprint density at radius 2 is 1.95 bits per heavy atom. The number of imidazole rings is 1. The first-order valence-corrected chi connectivity index (χ1v) is 12.9. The molecule has 10 heteroatoms. The molecule has 5 rings (SSSR count). The molecule has 0 spiro atoms. The number of unbranched alkanes of at least 4 members (excludes halogenated alkanes) is 1. The van der Waals surface area contributed by atoms with Crippen LogP contribution in [0.15, 0.2) is 53.7 Å². The van der Waals surface area contributed by atoms with Crippen molar-refractivity contribution in [1.29, 1.82) is 0 Å². The van der Waals surface area contributed by atoms with Crippen LogP contribution in [-0.4, -0.2) is 45.8 Å². The Morgan fingerprint density at radius 1 is 1.14 bits per heavy atom. The fourth-order valence-electron chi connectivity index (χ4n) is 5.42. The number of nitrogens with one attached hydrogen (secondary N) is 1. The average Bonchev–Trinajstić information content (AvgIpc) is 3.57. The zero-order valence-electron chi connectivity index (χ0n) is 20.9. The van der Waals surface area contributed by atoms with Gasteiger partial charge in [0.2, 0.25) is 5.82 Å². The van der Waals surface area contributed by atoms with E-state index < -0.39 is 11.9 Å². The van der Waals surface area contributed by atoms with Crippen molar-refractivity contribution in [2.75, 3.05) is 0 Å². The van der Waals surface area contributed by atoms with E-state index in [1.165, 1.54) is 0 Å². The summed E-state index contributed by atoms with van der Waals surface area (Å²) in [4.78, 5) is 30.2. The van der Waals surface area contributed by atoms with Crippen molar-refractivity contribution in [1.82, 2.24) is 34.7 Å². The summed E-state index contributed by atoms with van der Waals surface area (Å²) in [6, 6.07) is 9.42. The monoisotopic (exact) mass is 501 g/mol. The van der Waals surface area contributed by atoms with Gasteiger partial charge in [-0.2, -0.15) is 5.21 Å². The fourth-order valence-corrected chi connectivity index (χ4v) is 5.42. The summed E-state index contributed by atoms with van der Waals surface area (Å²) in [6.45, 7) is 2.45. The Kier molecular flexibility index (Phi) is 7.25. The van der Waals surface area contributed by atoms with Gasteiger partial charge in [-0.3, -0.25) is 18.9 Å². The number of aliphatic carboxylic acids is 1. The number of hydrogen-bond acceptors (Lipinski definition) is 6. The van der Waals surface area contributed by atoms with Gasteiger partial charge < -0.3 is 5.11 Å². The molecule has 4 aromatic rings. The van der Waals surface area contributed by atoms with Crippen molar-refractivity contribution in [3.05, 3.63) is 70.7 Å². The van der Waals surface area contributed by atoms with E-state index >= 15 is 0 Å². The van der Waals surface area contributed by atoms with Gasteiger partial charge in [0.25, 0.3) is 0 Å². The van der Waals surface area contributed by atoms with Gasteiger partial charge in [-0.15, -0.1) is 10.2 Å². The lowest BCUT2D eigenvalue weighted by Gasteiger charge is -2.28. The molecule has 192 valence electrons. The van der Waals surface area contributed by atoms with E-state index in [0.29, 0.717) is 25.2 Å². The molecule has 0 aliphatic heterocycles. The van der Waals surface area contributed by atoms with Crippen LogP contribution < -0.4 is 5.69 Å². The summed E-state index contributed by atoms with van der Waals surface area (Å²) in [5.41, 5.74) is 4.31. The van der Waals surface area contributed by atoms with E-state index in [1.54, 1.807) is 21.5 Å². The molecule has 1 fully saturated rings.